The number of ether oxygens (including phenoxy) is 2. The summed E-state index contributed by atoms with van der Waals surface area (Å²) in [6.45, 7) is 4.48. The molecule has 0 unspecified atom stereocenters. The quantitative estimate of drug-likeness (QED) is 0.791. The average Bonchev–Trinajstić information content (AvgIpc) is 2.58. The molecular weight excluding hydrogens is 350 g/mol. The number of hydrogen-bond donors (Lipinski definition) is 1. The zero-order chi connectivity index (χ0) is 17.5. The molecule has 2 rings (SSSR count). The minimum atomic E-state index is 0.243. The van der Waals surface area contributed by atoms with Gasteiger partial charge in [-0.15, -0.1) is 0 Å². The Labute approximate surface area is 149 Å². The van der Waals surface area contributed by atoms with E-state index in [2.05, 4.69) is 15.3 Å². The van der Waals surface area contributed by atoms with Crippen molar-refractivity contribution in [3.8, 4) is 5.75 Å². The van der Waals surface area contributed by atoms with E-state index < -0.39 is 0 Å². The Hall–Kier alpha value is -1.96. The maximum absolute atomic E-state index is 11.3. The van der Waals surface area contributed by atoms with Gasteiger partial charge in [-0.05, 0) is 31.5 Å². The summed E-state index contributed by atoms with van der Waals surface area (Å²) in [5.41, 5.74) is 1.50. The maximum atomic E-state index is 11.3. The first-order valence-corrected chi connectivity index (χ1v) is 8.40. The number of rotatable bonds is 6. The molecule has 0 aliphatic rings. The van der Waals surface area contributed by atoms with Crippen molar-refractivity contribution < 1.29 is 13.7 Å². The molecule has 0 amide bonds. The highest BCUT2D eigenvalue weighted by Crippen LogP contribution is 2.25. The van der Waals surface area contributed by atoms with E-state index in [0.717, 1.165) is 5.56 Å². The van der Waals surface area contributed by atoms with Gasteiger partial charge in [0.05, 0.1) is 24.3 Å². The van der Waals surface area contributed by atoms with Crippen molar-refractivity contribution in [3.63, 3.8) is 0 Å². The van der Waals surface area contributed by atoms with Crippen LogP contribution in [0.25, 0.3) is 0 Å². The summed E-state index contributed by atoms with van der Waals surface area (Å²) in [4.78, 5) is 8.50. The highest BCUT2D eigenvalue weighted by atomic mass is 35.5. The van der Waals surface area contributed by atoms with Gasteiger partial charge in [0, 0.05) is 12.7 Å². The molecule has 1 N–H and O–H groups in total. The van der Waals surface area contributed by atoms with Gasteiger partial charge in [-0.2, -0.15) is 0 Å². The van der Waals surface area contributed by atoms with Gasteiger partial charge in [0.1, 0.15) is 28.6 Å². The van der Waals surface area contributed by atoms with Crippen molar-refractivity contribution in [2.24, 2.45) is 0 Å². The molecule has 24 heavy (non-hydrogen) atoms. The Kier molecular flexibility index (Phi) is 6.72. The largest absolute Gasteiger partial charge is 0.495 e. The Balaban J connectivity index is 2.24. The third kappa shape index (κ3) is 4.53. The number of nitrogens with zero attached hydrogens (tertiary/aromatic N) is 2. The molecular formula is C16H18ClN3O3S. The van der Waals surface area contributed by atoms with Crippen molar-refractivity contribution in [1.82, 2.24) is 9.97 Å². The van der Waals surface area contributed by atoms with Crippen molar-refractivity contribution in [2.45, 2.75) is 20.4 Å². The molecule has 8 heteroatoms. The minimum Gasteiger partial charge on any atom is -0.495 e. The highest BCUT2D eigenvalue weighted by molar-refractivity contribution is 7.66. The Morgan fingerprint density at radius 3 is 2.83 bits per heavy atom. The van der Waals surface area contributed by atoms with Gasteiger partial charge < -0.3 is 14.8 Å². The van der Waals surface area contributed by atoms with Gasteiger partial charge in [0.15, 0.2) is 5.05 Å². The second kappa shape index (κ2) is 8.77. The molecule has 0 saturated heterocycles. The second-order valence-corrected chi connectivity index (χ2v) is 5.75. The van der Waals surface area contributed by atoms with Gasteiger partial charge in [-0.1, -0.05) is 17.7 Å². The first-order chi connectivity index (χ1) is 11.6. The van der Waals surface area contributed by atoms with Crippen LogP contribution in [0, 0.1) is 6.92 Å². The maximum Gasteiger partial charge on any atom is 0.182 e. The van der Waals surface area contributed by atoms with E-state index in [0.29, 0.717) is 41.1 Å². The standard InChI is InChI=1S/C16H18ClN3O3S/c1-4-23-16(24-21)12-9-18-10(2)20-15(12)19-8-11-5-6-14(22-3)13(17)7-11/h5-7,9H,4,8H2,1-3H3,(H,18,19,20). The van der Waals surface area contributed by atoms with Crippen LogP contribution in [0.4, 0.5) is 5.82 Å². The number of nitrogens with one attached hydrogen (secondary N) is 1. The first kappa shape index (κ1) is 18.4. The number of aromatic nitrogens is 2. The zero-order valence-electron chi connectivity index (χ0n) is 13.6. The number of halogens is 1. The smallest absolute Gasteiger partial charge is 0.182 e. The van der Waals surface area contributed by atoms with E-state index >= 15 is 0 Å². The Bertz CT molecular complexity index is 779. The molecule has 128 valence electrons. The number of methoxy groups -OCH3 is 1. The molecule has 1 aromatic carbocycles. The van der Waals surface area contributed by atoms with Crippen LogP contribution in [0.1, 0.15) is 23.9 Å². The van der Waals surface area contributed by atoms with Gasteiger partial charge in [0.25, 0.3) is 0 Å². The lowest BCUT2D eigenvalue weighted by Gasteiger charge is -2.12. The molecule has 0 fully saturated rings. The first-order valence-electron chi connectivity index (χ1n) is 7.28. The van der Waals surface area contributed by atoms with E-state index in [4.69, 9.17) is 21.1 Å². The van der Waals surface area contributed by atoms with Crippen LogP contribution < -0.4 is 10.1 Å². The van der Waals surface area contributed by atoms with Crippen molar-refractivity contribution in [2.75, 3.05) is 19.0 Å². The molecule has 0 atom stereocenters. The van der Waals surface area contributed by atoms with Crippen LogP contribution in [0.3, 0.4) is 0 Å². The molecule has 0 aliphatic heterocycles. The minimum absolute atomic E-state index is 0.243. The fourth-order valence-corrected chi connectivity index (χ4v) is 2.72. The van der Waals surface area contributed by atoms with Crippen LogP contribution in [0.15, 0.2) is 24.4 Å². The van der Waals surface area contributed by atoms with Crippen LogP contribution in [0.5, 0.6) is 5.75 Å². The molecule has 6 nitrogen and oxygen atoms in total. The lowest BCUT2D eigenvalue weighted by molar-refractivity contribution is 0.337. The predicted octanol–water partition coefficient (Wildman–Crippen LogP) is 2.79. The molecule has 0 spiro atoms. The van der Waals surface area contributed by atoms with Crippen LogP contribution in [-0.2, 0) is 22.5 Å². The lowest BCUT2D eigenvalue weighted by atomic mass is 10.2. The van der Waals surface area contributed by atoms with Crippen LogP contribution >= 0.6 is 11.6 Å². The SMILES string of the molecule is CCOC(=S=O)c1cnc(C)nc1NCc1ccc(OC)c(Cl)c1. The number of anilines is 1. The molecule has 0 saturated carbocycles. The third-order valence-electron chi connectivity index (χ3n) is 3.16. The highest BCUT2D eigenvalue weighted by Gasteiger charge is 2.13. The lowest BCUT2D eigenvalue weighted by Crippen LogP contribution is -2.13. The zero-order valence-corrected chi connectivity index (χ0v) is 15.2. The van der Waals surface area contributed by atoms with E-state index in [1.54, 1.807) is 26.3 Å². The normalized spacial score (nSPS) is 10.3. The Morgan fingerprint density at radius 1 is 1.42 bits per heavy atom. The average molecular weight is 368 g/mol. The number of benzene rings is 1. The molecule has 0 bridgehead atoms. The molecule has 2 aromatic rings. The second-order valence-electron chi connectivity index (χ2n) is 4.81. The molecule has 1 heterocycles. The van der Waals surface area contributed by atoms with Gasteiger partial charge in [-0.3, -0.25) is 0 Å². The summed E-state index contributed by atoms with van der Waals surface area (Å²) in [6.07, 6.45) is 1.58. The summed E-state index contributed by atoms with van der Waals surface area (Å²) in [6, 6.07) is 5.52. The molecule has 0 radical (unpaired) electrons. The van der Waals surface area contributed by atoms with Gasteiger partial charge >= 0.3 is 0 Å². The number of aryl methyl sites for hydroxylation is 1. The van der Waals surface area contributed by atoms with E-state index in [9.17, 15) is 4.21 Å². The predicted molar refractivity (Wildman–Crippen MR) is 96.0 cm³/mol. The third-order valence-corrected chi connectivity index (χ3v) is 3.94. The summed E-state index contributed by atoms with van der Waals surface area (Å²) in [7, 11) is 1.57. The van der Waals surface area contributed by atoms with Crippen LogP contribution in [0.2, 0.25) is 5.02 Å². The molecule has 0 aliphatic carbocycles. The van der Waals surface area contributed by atoms with Crippen LogP contribution in [-0.4, -0.2) is 32.9 Å². The molecule has 1 aromatic heterocycles. The topological polar surface area (TPSA) is 73.3 Å². The van der Waals surface area contributed by atoms with E-state index in [-0.39, 0.29) is 16.3 Å². The monoisotopic (exact) mass is 367 g/mol. The fourth-order valence-electron chi connectivity index (χ4n) is 2.04. The summed E-state index contributed by atoms with van der Waals surface area (Å²) >= 11 is 6.42. The van der Waals surface area contributed by atoms with E-state index in [1.165, 1.54) is 0 Å². The summed E-state index contributed by atoms with van der Waals surface area (Å²) in [5, 5.41) is 3.98. The van der Waals surface area contributed by atoms with Crippen molar-refractivity contribution in [1.29, 1.82) is 0 Å². The van der Waals surface area contributed by atoms with Gasteiger partial charge in [-0.25, -0.2) is 14.2 Å². The van der Waals surface area contributed by atoms with Gasteiger partial charge in [0.2, 0.25) is 0 Å². The van der Waals surface area contributed by atoms with E-state index in [1.807, 2.05) is 19.1 Å². The van der Waals surface area contributed by atoms with Crippen molar-refractivity contribution in [3.05, 3.63) is 46.4 Å². The Morgan fingerprint density at radius 2 is 2.21 bits per heavy atom. The summed E-state index contributed by atoms with van der Waals surface area (Å²) in [5.74, 6) is 1.76. The van der Waals surface area contributed by atoms with Crippen molar-refractivity contribution >= 4 is 33.7 Å². The fraction of sp³-hybridized carbons (Fsp3) is 0.312. The number of hydrogen-bond acceptors (Lipinski definition) is 6. The summed E-state index contributed by atoms with van der Waals surface area (Å²) < 4.78 is 21.8.